The van der Waals surface area contributed by atoms with Gasteiger partial charge in [-0.2, -0.15) is 13.2 Å². The zero-order valence-corrected chi connectivity index (χ0v) is 11.5. The van der Waals surface area contributed by atoms with E-state index >= 15 is 0 Å². The van der Waals surface area contributed by atoms with Crippen LogP contribution in [0.1, 0.15) is 23.7 Å². The van der Waals surface area contributed by atoms with Crippen LogP contribution in [0.2, 0.25) is 0 Å². The summed E-state index contributed by atoms with van der Waals surface area (Å²) in [6.07, 6.45) is -5.26. The lowest BCUT2D eigenvalue weighted by Gasteiger charge is -2.26. The Bertz CT molecular complexity index is 532. The van der Waals surface area contributed by atoms with Crippen molar-refractivity contribution in [1.82, 2.24) is 4.90 Å². The molecule has 0 saturated carbocycles. The lowest BCUT2D eigenvalue weighted by Crippen LogP contribution is -2.48. The van der Waals surface area contributed by atoms with Crippen LogP contribution in [0.15, 0.2) is 24.3 Å². The van der Waals surface area contributed by atoms with Crippen molar-refractivity contribution in [1.29, 1.82) is 0 Å². The number of amides is 1. The average molecular weight is 303 g/mol. The molecule has 1 N–H and O–H groups in total. The molecule has 2 rings (SSSR count). The van der Waals surface area contributed by atoms with Crippen molar-refractivity contribution in [3.63, 3.8) is 0 Å². The van der Waals surface area contributed by atoms with Gasteiger partial charge in [0, 0.05) is 13.0 Å². The van der Waals surface area contributed by atoms with Gasteiger partial charge in [0.15, 0.2) is 5.60 Å². The van der Waals surface area contributed by atoms with Crippen LogP contribution in [0.3, 0.4) is 0 Å². The Balaban J connectivity index is 2.20. The molecule has 1 aliphatic heterocycles. The fourth-order valence-corrected chi connectivity index (χ4v) is 2.29. The van der Waals surface area contributed by atoms with E-state index in [9.17, 15) is 23.1 Å². The topological polar surface area (TPSA) is 49.8 Å². The fourth-order valence-electron chi connectivity index (χ4n) is 2.29. The van der Waals surface area contributed by atoms with Crippen molar-refractivity contribution in [3.05, 3.63) is 29.8 Å². The molecule has 1 fully saturated rings. The van der Waals surface area contributed by atoms with E-state index in [0.717, 1.165) is 4.90 Å². The number of rotatable bonds is 3. The Morgan fingerprint density at radius 3 is 2.67 bits per heavy atom. The number of aliphatic hydroxyl groups is 1. The molecular weight excluding hydrogens is 287 g/mol. The number of halogens is 3. The van der Waals surface area contributed by atoms with Crippen molar-refractivity contribution in [2.24, 2.45) is 0 Å². The molecule has 116 valence electrons. The Labute approximate surface area is 120 Å². The summed E-state index contributed by atoms with van der Waals surface area (Å²) in [7, 11) is 0. The van der Waals surface area contributed by atoms with Crippen molar-refractivity contribution < 1.29 is 27.8 Å². The van der Waals surface area contributed by atoms with Crippen molar-refractivity contribution in [2.45, 2.75) is 25.1 Å². The van der Waals surface area contributed by atoms with Gasteiger partial charge in [-0.15, -0.1) is 0 Å². The standard InChI is InChI=1S/C14H16F3NO3/c1-2-21-11-6-4-3-5-10(11)12(19)18-8-7-13(20,9-18)14(15,16)17/h3-6,20H,2,7-9H2,1H3/t13-/m0/s1. The van der Waals surface area contributed by atoms with E-state index in [1.165, 1.54) is 6.07 Å². The van der Waals surface area contributed by atoms with Gasteiger partial charge in [0.2, 0.25) is 0 Å². The number of β-amino-alcohol motifs (C(OH)–C–C–N with tert-alkyl or cyclic N) is 1. The largest absolute Gasteiger partial charge is 0.493 e. The number of para-hydroxylation sites is 1. The number of ether oxygens (including phenoxy) is 1. The second-order valence-corrected chi connectivity index (χ2v) is 4.94. The van der Waals surface area contributed by atoms with Crippen LogP contribution in [-0.2, 0) is 0 Å². The Morgan fingerprint density at radius 2 is 2.10 bits per heavy atom. The van der Waals surface area contributed by atoms with Gasteiger partial charge >= 0.3 is 6.18 Å². The predicted octanol–water partition coefficient (Wildman–Crippen LogP) is 2.22. The molecule has 0 spiro atoms. The highest BCUT2D eigenvalue weighted by Crippen LogP contribution is 2.38. The highest BCUT2D eigenvalue weighted by atomic mass is 19.4. The third-order valence-electron chi connectivity index (χ3n) is 3.48. The fraction of sp³-hybridized carbons (Fsp3) is 0.500. The molecule has 1 heterocycles. The second kappa shape index (κ2) is 5.55. The minimum atomic E-state index is -4.75. The molecule has 0 aromatic heterocycles. The van der Waals surface area contributed by atoms with Crippen LogP contribution in [0.5, 0.6) is 5.75 Å². The smallest absolute Gasteiger partial charge is 0.419 e. The first-order valence-corrected chi connectivity index (χ1v) is 6.59. The zero-order valence-electron chi connectivity index (χ0n) is 11.5. The van der Waals surface area contributed by atoms with Gasteiger partial charge in [-0.3, -0.25) is 4.79 Å². The molecular formula is C14H16F3NO3. The van der Waals surface area contributed by atoms with E-state index in [4.69, 9.17) is 4.74 Å². The summed E-state index contributed by atoms with van der Waals surface area (Å²) in [5, 5.41) is 9.62. The third kappa shape index (κ3) is 2.97. The molecule has 4 nitrogen and oxygen atoms in total. The number of alkyl halides is 3. The summed E-state index contributed by atoms with van der Waals surface area (Å²) in [5.74, 6) is -0.244. The first-order chi connectivity index (χ1) is 9.78. The third-order valence-corrected chi connectivity index (χ3v) is 3.48. The normalized spacial score (nSPS) is 22.4. The van der Waals surface area contributed by atoms with Gasteiger partial charge in [-0.1, -0.05) is 12.1 Å². The van der Waals surface area contributed by atoms with Crippen LogP contribution in [0.25, 0.3) is 0 Å². The van der Waals surface area contributed by atoms with Crippen molar-refractivity contribution >= 4 is 5.91 Å². The molecule has 0 radical (unpaired) electrons. The molecule has 1 atom stereocenters. The molecule has 0 unspecified atom stereocenters. The SMILES string of the molecule is CCOc1ccccc1C(=O)N1CC[C@@](O)(C(F)(F)F)C1. The molecule has 1 aliphatic rings. The monoisotopic (exact) mass is 303 g/mol. The summed E-state index contributed by atoms with van der Waals surface area (Å²) in [5.41, 5.74) is -2.63. The number of hydrogen-bond acceptors (Lipinski definition) is 3. The Hall–Kier alpha value is -1.76. The van der Waals surface area contributed by atoms with Crippen molar-refractivity contribution in [2.75, 3.05) is 19.7 Å². The number of likely N-dealkylation sites (tertiary alicyclic amines) is 1. The molecule has 21 heavy (non-hydrogen) atoms. The first kappa shape index (κ1) is 15.6. The number of carbonyl (C=O) groups excluding carboxylic acids is 1. The maximum Gasteiger partial charge on any atom is 0.419 e. The maximum absolute atomic E-state index is 12.8. The van der Waals surface area contributed by atoms with Gasteiger partial charge in [0.25, 0.3) is 5.91 Å². The van der Waals surface area contributed by atoms with Gasteiger partial charge in [0.1, 0.15) is 5.75 Å². The van der Waals surface area contributed by atoms with E-state index < -0.39 is 30.7 Å². The van der Waals surface area contributed by atoms with Crippen LogP contribution in [0.4, 0.5) is 13.2 Å². The molecule has 1 saturated heterocycles. The van der Waals surface area contributed by atoms with Crippen LogP contribution >= 0.6 is 0 Å². The molecule has 1 amide bonds. The summed E-state index contributed by atoms with van der Waals surface area (Å²) < 4.78 is 43.6. The summed E-state index contributed by atoms with van der Waals surface area (Å²) in [4.78, 5) is 13.3. The van der Waals surface area contributed by atoms with Crippen LogP contribution in [0, 0.1) is 0 Å². The number of nitrogens with zero attached hydrogens (tertiary/aromatic N) is 1. The minimum Gasteiger partial charge on any atom is -0.493 e. The van der Waals surface area contributed by atoms with Crippen LogP contribution < -0.4 is 4.74 Å². The molecule has 0 aliphatic carbocycles. The van der Waals surface area contributed by atoms with E-state index in [1.54, 1.807) is 25.1 Å². The number of benzene rings is 1. The molecule has 0 bridgehead atoms. The minimum absolute atomic E-state index is 0.144. The lowest BCUT2D eigenvalue weighted by molar-refractivity contribution is -0.253. The van der Waals surface area contributed by atoms with Gasteiger partial charge < -0.3 is 14.7 Å². The van der Waals surface area contributed by atoms with Gasteiger partial charge in [-0.05, 0) is 19.1 Å². The van der Waals surface area contributed by atoms with Gasteiger partial charge in [-0.25, -0.2) is 0 Å². The summed E-state index contributed by atoms with van der Waals surface area (Å²) in [6.45, 7) is 1.20. The van der Waals surface area contributed by atoms with E-state index in [2.05, 4.69) is 0 Å². The van der Waals surface area contributed by atoms with E-state index in [0.29, 0.717) is 12.4 Å². The first-order valence-electron chi connectivity index (χ1n) is 6.59. The molecule has 7 heteroatoms. The van der Waals surface area contributed by atoms with E-state index in [1.807, 2.05) is 0 Å². The lowest BCUT2D eigenvalue weighted by atomic mass is 10.0. The van der Waals surface area contributed by atoms with E-state index in [-0.39, 0.29) is 12.1 Å². The van der Waals surface area contributed by atoms with Crippen molar-refractivity contribution in [3.8, 4) is 5.75 Å². The quantitative estimate of drug-likeness (QED) is 0.931. The van der Waals surface area contributed by atoms with Crippen LogP contribution in [-0.4, -0.2) is 47.4 Å². The predicted molar refractivity (Wildman–Crippen MR) is 69.1 cm³/mol. The highest BCUT2D eigenvalue weighted by molar-refractivity contribution is 5.97. The number of hydrogen-bond donors (Lipinski definition) is 1. The summed E-state index contributed by atoms with van der Waals surface area (Å²) in [6, 6.07) is 6.38. The van der Waals surface area contributed by atoms with Gasteiger partial charge in [0.05, 0.1) is 18.7 Å². The summed E-state index contributed by atoms with van der Waals surface area (Å²) >= 11 is 0. The highest BCUT2D eigenvalue weighted by Gasteiger charge is 2.57. The Morgan fingerprint density at radius 1 is 1.43 bits per heavy atom. The Kier molecular flexibility index (Phi) is 4.13. The molecule has 1 aromatic rings. The average Bonchev–Trinajstić information content (AvgIpc) is 2.83. The maximum atomic E-state index is 12.8. The number of carbonyl (C=O) groups is 1. The molecule has 1 aromatic carbocycles. The second-order valence-electron chi connectivity index (χ2n) is 4.94. The zero-order chi connectivity index (χ0) is 15.7.